The van der Waals surface area contributed by atoms with E-state index >= 15 is 0 Å². The van der Waals surface area contributed by atoms with Crippen molar-refractivity contribution in [3.63, 3.8) is 0 Å². The van der Waals surface area contributed by atoms with E-state index in [4.69, 9.17) is 10.00 Å². The van der Waals surface area contributed by atoms with E-state index in [0.29, 0.717) is 42.3 Å². The topological polar surface area (TPSA) is 145 Å². The van der Waals surface area contributed by atoms with Gasteiger partial charge in [0.05, 0.1) is 33.4 Å². The van der Waals surface area contributed by atoms with Crippen LogP contribution in [0.1, 0.15) is 37.3 Å². The number of piperidine rings is 1. The summed E-state index contributed by atoms with van der Waals surface area (Å²) in [6.45, 7) is 3.00. The van der Waals surface area contributed by atoms with Crippen molar-refractivity contribution in [3.8, 4) is 23.6 Å². The number of rotatable bonds is 8. The first-order valence-electron chi connectivity index (χ1n) is 14.3. The summed E-state index contributed by atoms with van der Waals surface area (Å²) in [4.78, 5) is 27.6. The summed E-state index contributed by atoms with van der Waals surface area (Å²) in [5.74, 6) is -0.418. The minimum Gasteiger partial charge on any atom is -0.492 e. The molecular weight excluding hydrogens is 611 g/mol. The second-order valence-electron chi connectivity index (χ2n) is 10.1. The number of benzene rings is 3. The number of nitrogens with zero attached hydrogens (tertiary/aromatic N) is 4. The second-order valence-corrected chi connectivity index (χ2v) is 13.1. The molecule has 2 heterocycles. The first-order valence-corrected chi connectivity index (χ1v) is 16.5. The van der Waals surface area contributed by atoms with Gasteiger partial charge in [0, 0.05) is 18.8 Å². The third-order valence-electron chi connectivity index (χ3n) is 7.16. The number of nitriles is 2. The lowest BCUT2D eigenvalue weighted by Crippen LogP contribution is -2.35. The fourth-order valence-electron chi connectivity index (χ4n) is 4.97. The lowest BCUT2D eigenvalue weighted by molar-refractivity contribution is -0.111. The third-order valence-corrected chi connectivity index (χ3v) is 10.2. The maximum Gasteiger partial charge on any atom is 0.273 e. The Morgan fingerprint density at radius 1 is 1.02 bits per heavy atom. The van der Waals surface area contributed by atoms with Gasteiger partial charge in [-0.15, -0.1) is 11.3 Å². The molecule has 228 valence electrons. The minimum absolute atomic E-state index is 0.0404. The molecule has 1 aromatic heterocycles. The van der Waals surface area contributed by atoms with E-state index in [1.807, 2.05) is 6.07 Å². The number of hydrogen-bond donors (Lipinski definition) is 1. The van der Waals surface area contributed by atoms with Gasteiger partial charge in [0.25, 0.3) is 11.5 Å². The number of nitrogens with one attached hydrogen (secondary N) is 1. The van der Waals surface area contributed by atoms with E-state index in [1.54, 1.807) is 61.5 Å². The monoisotopic (exact) mass is 639 g/mol. The fraction of sp³-hybridized carbons (Fsp3) is 0.212. The number of para-hydroxylation sites is 2. The van der Waals surface area contributed by atoms with Crippen LogP contribution in [0, 0.1) is 22.7 Å². The van der Waals surface area contributed by atoms with Crippen molar-refractivity contribution in [3.05, 3.63) is 103 Å². The molecule has 5 rings (SSSR count). The van der Waals surface area contributed by atoms with Crippen molar-refractivity contribution in [1.82, 2.24) is 8.87 Å². The molecule has 1 aliphatic heterocycles. The van der Waals surface area contributed by atoms with Crippen LogP contribution < -0.4 is 24.8 Å². The Labute approximate surface area is 264 Å². The number of carbonyl (C=O) groups excluding carboxylic acids is 1. The summed E-state index contributed by atoms with van der Waals surface area (Å²) >= 11 is 0.962. The molecule has 1 fully saturated rings. The number of aromatic nitrogens is 1. The first-order chi connectivity index (χ1) is 21.8. The van der Waals surface area contributed by atoms with Crippen LogP contribution in [0.15, 0.2) is 82.5 Å². The second kappa shape index (κ2) is 13.7. The van der Waals surface area contributed by atoms with Crippen LogP contribution in [0.4, 0.5) is 5.69 Å². The molecule has 0 spiro atoms. The van der Waals surface area contributed by atoms with Crippen molar-refractivity contribution >= 4 is 44.6 Å². The van der Waals surface area contributed by atoms with Gasteiger partial charge in [-0.25, -0.2) is 8.42 Å². The lowest BCUT2D eigenvalue weighted by atomic mass is 10.1. The highest BCUT2D eigenvalue weighted by Crippen LogP contribution is 2.24. The Morgan fingerprint density at radius 2 is 1.76 bits per heavy atom. The van der Waals surface area contributed by atoms with Gasteiger partial charge in [0.15, 0.2) is 5.57 Å². The van der Waals surface area contributed by atoms with Crippen molar-refractivity contribution in [2.24, 2.45) is 0 Å². The summed E-state index contributed by atoms with van der Waals surface area (Å²) in [5.41, 5.74) is 0.847. The Morgan fingerprint density at radius 3 is 2.44 bits per heavy atom. The maximum atomic E-state index is 13.9. The Bertz CT molecular complexity index is 2120. The molecule has 0 atom stereocenters. The van der Waals surface area contributed by atoms with E-state index in [-0.39, 0.29) is 25.4 Å². The van der Waals surface area contributed by atoms with Gasteiger partial charge >= 0.3 is 0 Å². The van der Waals surface area contributed by atoms with Gasteiger partial charge in [0.1, 0.15) is 16.5 Å². The van der Waals surface area contributed by atoms with Crippen molar-refractivity contribution in [2.75, 3.05) is 25.0 Å². The van der Waals surface area contributed by atoms with Gasteiger partial charge < -0.3 is 10.1 Å². The van der Waals surface area contributed by atoms with Crippen LogP contribution >= 0.6 is 11.3 Å². The summed E-state index contributed by atoms with van der Waals surface area (Å²) in [6.07, 6.45) is 4.18. The number of sulfonamides is 1. The van der Waals surface area contributed by atoms with E-state index in [9.17, 15) is 23.3 Å². The molecule has 12 heteroatoms. The zero-order valence-electron chi connectivity index (χ0n) is 24.4. The molecule has 1 saturated heterocycles. The van der Waals surface area contributed by atoms with Crippen LogP contribution in [0.2, 0.25) is 0 Å². The summed E-state index contributed by atoms with van der Waals surface area (Å²) in [6, 6.07) is 23.4. The van der Waals surface area contributed by atoms with Crippen molar-refractivity contribution in [1.29, 1.82) is 10.5 Å². The number of hydrogen-bond acceptors (Lipinski definition) is 8. The van der Waals surface area contributed by atoms with Gasteiger partial charge in [-0.2, -0.15) is 14.8 Å². The molecule has 3 aromatic carbocycles. The summed E-state index contributed by atoms with van der Waals surface area (Å²) in [7, 11) is -3.76. The van der Waals surface area contributed by atoms with E-state index in [1.165, 1.54) is 33.1 Å². The molecule has 1 amide bonds. The van der Waals surface area contributed by atoms with Crippen LogP contribution in [0.3, 0.4) is 0 Å². The molecule has 0 bridgehead atoms. The predicted octanol–water partition coefficient (Wildman–Crippen LogP) is 3.49. The van der Waals surface area contributed by atoms with Crippen LogP contribution in [-0.2, 0) is 14.8 Å². The molecule has 0 unspecified atom stereocenters. The van der Waals surface area contributed by atoms with E-state index < -0.39 is 21.5 Å². The van der Waals surface area contributed by atoms with Gasteiger partial charge in [-0.3, -0.25) is 14.2 Å². The molecule has 0 saturated carbocycles. The van der Waals surface area contributed by atoms with Gasteiger partial charge in [-0.1, -0.05) is 36.8 Å². The zero-order chi connectivity index (χ0) is 32.0. The Balaban J connectivity index is 1.63. The minimum atomic E-state index is -3.76. The molecule has 0 radical (unpaired) electrons. The highest BCUT2D eigenvalue weighted by molar-refractivity contribution is 7.89. The fourth-order valence-corrected chi connectivity index (χ4v) is 7.63. The van der Waals surface area contributed by atoms with Gasteiger partial charge in [-0.05, 0) is 73.9 Å². The average molecular weight is 640 g/mol. The molecule has 1 aliphatic rings. The molecule has 45 heavy (non-hydrogen) atoms. The molecule has 1 N–H and O–H groups in total. The quantitative estimate of drug-likeness (QED) is 0.311. The maximum absolute atomic E-state index is 13.9. The lowest BCUT2D eigenvalue weighted by Gasteiger charge is -2.26. The normalized spacial score (nSPS) is 14.7. The summed E-state index contributed by atoms with van der Waals surface area (Å²) in [5, 5.41) is 22.0. The molecular formula is C33H29N5O5S2. The SMILES string of the molecule is CCOc1ccccc1-n1c(=C(C#N)C(=O)Nc2cccc(S(=O)(=O)N3CCCCC3)c2)sc(=Cc2ccc(C#N)cc2)c1=O. The number of carbonyl (C=O) groups is 1. The highest BCUT2D eigenvalue weighted by Gasteiger charge is 2.26. The predicted molar refractivity (Wildman–Crippen MR) is 172 cm³/mol. The van der Waals surface area contributed by atoms with Crippen LogP contribution in [0.5, 0.6) is 5.75 Å². The standard InChI is InChI=1S/C33H29N5O5S2/c1-2-43-29-12-5-4-11-28(29)38-32(40)30(19-23-13-15-24(21-34)16-14-23)44-33(38)27(22-35)31(39)36-25-9-8-10-26(20-25)45(41,42)37-17-6-3-7-18-37/h4-5,8-16,19-20H,2-3,6-7,17-18H2,1H3,(H,36,39). The van der Waals surface area contributed by atoms with Crippen molar-refractivity contribution in [2.45, 2.75) is 31.1 Å². The van der Waals surface area contributed by atoms with Crippen LogP contribution in [0.25, 0.3) is 17.3 Å². The smallest absolute Gasteiger partial charge is 0.273 e. The third kappa shape index (κ3) is 6.74. The first kappa shape index (κ1) is 31.4. The molecule has 0 aliphatic carbocycles. The molecule has 10 nitrogen and oxygen atoms in total. The molecule has 4 aromatic rings. The number of amides is 1. The van der Waals surface area contributed by atoms with Crippen LogP contribution in [-0.4, -0.2) is 42.9 Å². The Kier molecular flexibility index (Phi) is 9.59. The largest absolute Gasteiger partial charge is 0.492 e. The number of anilines is 1. The van der Waals surface area contributed by atoms with E-state index in [0.717, 1.165) is 30.6 Å². The van der Waals surface area contributed by atoms with E-state index in [2.05, 4.69) is 11.4 Å². The van der Waals surface area contributed by atoms with Crippen molar-refractivity contribution < 1.29 is 17.9 Å². The number of ether oxygens (including phenoxy) is 1. The number of thiazole rings is 1. The Hall–Kier alpha value is -5.01. The zero-order valence-corrected chi connectivity index (χ0v) is 26.0. The highest BCUT2D eigenvalue weighted by atomic mass is 32.2. The van der Waals surface area contributed by atoms with Gasteiger partial charge in [0.2, 0.25) is 10.0 Å². The average Bonchev–Trinajstić information content (AvgIpc) is 3.37. The summed E-state index contributed by atoms with van der Waals surface area (Å²) < 4.78 is 35.3.